The van der Waals surface area contributed by atoms with Crippen LogP contribution in [0, 0.1) is 37.0 Å². The van der Waals surface area contributed by atoms with Crippen molar-refractivity contribution in [3.8, 4) is 0 Å². The lowest BCUT2D eigenvalue weighted by molar-refractivity contribution is -0.210. The molecule has 21 heavy (non-hydrogen) atoms. The van der Waals surface area contributed by atoms with Crippen molar-refractivity contribution < 1.29 is 19.0 Å². The zero-order valence-electron chi connectivity index (χ0n) is 12.5. The summed E-state index contributed by atoms with van der Waals surface area (Å²) in [6.45, 7) is 1.28. The van der Waals surface area contributed by atoms with Crippen LogP contribution in [0.2, 0.25) is 0 Å². The fraction of sp³-hybridized carbons (Fsp3) is 0.647. The van der Waals surface area contributed by atoms with E-state index >= 15 is 0 Å². The van der Waals surface area contributed by atoms with E-state index in [-0.39, 0.29) is 12.4 Å². The predicted molar refractivity (Wildman–Crippen MR) is 77.5 cm³/mol. The van der Waals surface area contributed by atoms with Crippen molar-refractivity contribution in [2.45, 2.75) is 44.5 Å². The second-order valence-electron chi connectivity index (χ2n) is 5.97. The molecule has 0 aromatic rings. The maximum atomic E-state index is 11.7. The van der Waals surface area contributed by atoms with Gasteiger partial charge in [0, 0.05) is 25.9 Å². The van der Waals surface area contributed by atoms with Crippen LogP contribution < -0.4 is 0 Å². The molecule has 115 valence electrons. The first-order valence-corrected chi connectivity index (χ1v) is 7.81. The van der Waals surface area contributed by atoms with Gasteiger partial charge < -0.3 is 14.2 Å². The van der Waals surface area contributed by atoms with Crippen LogP contribution in [-0.2, 0) is 19.0 Å². The summed E-state index contributed by atoms with van der Waals surface area (Å²) in [6, 6.07) is 0. The summed E-state index contributed by atoms with van der Waals surface area (Å²) in [4.78, 5) is 11.7. The van der Waals surface area contributed by atoms with Gasteiger partial charge in [-0.05, 0) is 50.4 Å². The number of hydrogen-bond donors (Lipinski definition) is 0. The molecule has 1 unspecified atom stereocenters. The van der Waals surface area contributed by atoms with Gasteiger partial charge in [0.15, 0.2) is 6.29 Å². The number of carbonyl (C=O) groups is 1. The molecule has 3 atom stereocenters. The third-order valence-electron chi connectivity index (χ3n) is 4.44. The number of ketones is 1. The predicted octanol–water partition coefficient (Wildman–Crippen LogP) is 2.30. The number of rotatable bonds is 4. The smallest absolute Gasteiger partial charge is 0.165 e. The van der Waals surface area contributed by atoms with E-state index in [0.29, 0.717) is 31.3 Å². The average Bonchev–Trinajstić information content (AvgIpc) is 2.97. The number of methoxy groups -OCH3 is 1. The Morgan fingerprint density at radius 3 is 2.95 bits per heavy atom. The fourth-order valence-electron chi connectivity index (χ4n) is 3.38. The highest BCUT2D eigenvalue weighted by molar-refractivity contribution is 5.80. The largest absolute Gasteiger partial charge is 0.382 e. The lowest BCUT2D eigenvalue weighted by atomic mass is 9.74. The van der Waals surface area contributed by atoms with E-state index in [0.717, 1.165) is 31.6 Å². The molecule has 0 amide bonds. The van der Waals surface area contributed by atoms with Crippen LogP contribution in [0.25, 0.3) is 0 Å². The second kappa shape index (κ2) is 7.21. The van der Waals surface area contributed by atoms with Gasteiger partial charge in [-0.25, -0.2) is 0 Å². The molecule has 0 spiro atoms. The van der Waals surface area contributed by atoms with Crippen LogP contribution in [-0.4, -0.2) is 38.5 Å². The van der Waals surface area contributed by atoms with Crippen molar-refractivity contribution in [3.05, 3.63) is 31.1 Å². The summed E-state index contributed by atoms with van der Waals surface area (Å²) in [5.41, 5.74) is 0. The quantitative estimate of drug-likeness (QED) is 0.797. The fourth-order valence-corrected chi connectivity index (χ4v) is 3.38. The molecule has 0 aromatic heterocycles. The van der Waals surface area contributed by atoms with Crippen LogP contribution in [0.15, 0.2) is 0 Å². The molecule has 0 N–H and O–H groups in total. The molecule has 2 aliphatic carbocycles. The monoisotopic (exact) mass is 291 g/mol. The molecule has 3 rings (SSSR count). The van der Waals surface area contributed by atoms with Gasteiger partial charge in [0.2, 0.25) is 0 Å². The molecule has 1 heterocycles. The van der Waals surface area contributed by atoms with Gasteiger partial charge in [-0.2, -0.15) is 0 Å². The molecule has 3 fully saturated rings. The van der Waals surface area contributed by atoms with Crippen molar-refractivity contribution in [3.63, 3.8) is 0 Å². The molecule has 2 saturated carbocycles. The summed E-state index contributed by atoms with van der Waals surface area (Å²) in [5, 5.41) is 0. The standard InChI is InChI=1S/C17H23O4/c1-19-11-14-8-9-20-17(21-14)16-7-3-6-15(16)12-4-2-5-13(18)10-12/h3,6-7,12,14,17H,2,4-5,8-11H2,1H3/t12?,14-,17-/m0/s1. The zero-order chi connectivity index (χ0) is 14.7. The Morgan fingerprint density at radius 2 is 2.14 bits per heavy atom. The van der Waals surface area contributed by atoms with Gasteiger partial charge in [-0.1, -0.05) is 0 Å². The molecule has 3 aliphatic rings. The summed E-state index contributed by atoms with van der Waals surface area (Å²) in [6.07, 6.45) is 10.3. The van der Waals surface area contributed by atoms with Crippen LogP contribution in [0.5, 0.6) is 0 Å². The van der Waals surface area contributed by atoms with Crippen molar-refractivity contribution in [2.75, 3.05) is 20.3 Å². The van der Waals surface area contributed by atoms with Crippen molar-refractivity contribution >= 4 is 5.78 Å². The summed E-state index contributed by atoms with van der Waals surface area (Å²) >= 11 is 0. The Labute approximate surface area is 127 Å². The second-order valence-corrected chi connectivity index (χ2v) is 5.97. The Bertz CT molecular complexity index is 355. The minimum atomic E-state index is -0.319. The van der Waals surface area contributed by atoms with E-state index in [1.807, 2.05) is 6.42 Å². The molecule has 1 saturated heterocycles. The molecule has 0 bridgehead atoms. The Hall–Kier alpha value is -0.450. The molecular formula is C17H23O4. The topological polar surface area (TPSA) is 44.8 Å². The summed E-state index contributed by atoms with van der Waals surface area (Å²) in [7, 11) is 1.69. The number of carbonyl (C=O) groups excluding carboxylic acids is 1. The SMILES string of the molecule is COC[C@@H]1CCO[C@H]([C]2[CH][CH][CH][C]2C2CCCC(=O)C2)O1. The highest BCUT2D eigenvalue weighted by Crippen LogP contribution is 2.46. The maximum absolute atomic E-state index is 11.7. The van der Waals surface area contributed by atoms with E-state index in [2.05, 4.69) is 12.8 Å². The van der Waals surface area contributed by atoms with Crippen LogP contribution in [0.4, 0.5) is 0 Å². The first-order chi connectivity index (χ1) is 10.3. The van der Waals surface area contributed by atoms with Gasteiger partial charge in [-0.15, -0.1) is 0 Å². The van der Waals surface area contributed by atoms with E-state index in [1.54, 1.807) is 7.11 Å². The lowest BCUT2D eigenvalue weighted by Gasteiger charge is -2.37. The van der Waals surface area contributed by atoms with Gasteiger partial charge >= 0.3 is 0 Å². The van der Waals surface area contributed by atoms with Gasteiger partial charge in [-0.3, -0.25) is 4.79 Å². The van der Waals surface area contributed by atoms with Crippen LogP contribution in [0.1, 0.15) is 32.1 Å². The third-order valence-corrected chi connectivity index (χ3v) is 4.44. The maximum Gasteiger partial charge on any atom is 0.165 e. The first kappa shape index (κ1) is 15.4. The Morgan fingerprint density at radius 1 is 1.29 bits per heavy atom. The minimum Gasteiger partial charge on any atom is -0.382 e. The van der Waals surface area contributed by atoms with E-state index in [9.17, 15) is 4.79 Å². The Kier molecular flexibility index (Phi) is 5.30. The molecule has 5 radical (unpaired) electrons. The highest BCUT2D eigenvalue weighted by Gasteiger charge is 2.43. The van der Waals surface area contributed by atoms with Crippen molar-refractivity contribution in [1.82, 2.24) is 0 Å². The molecule has 1 aliphatic heterocycles. The molecule has 4 heteroatoms. The molecule has 4 nitrogen and oxygen atoms in total. The van der Waals surface area contributed by atoms with Gasteiger partial charge in [0.25, 0.3) is 0 Å². The number of hydrogen-bond acceptors (Lipinski definition) is 4. The zero-order valence-corrected chi connectivity index (χ0v) is 12.5. The summed E-state index contributed by atoms with van der Waals surface area (Å²) in [5.74, 6) is 3.02. The third kappa shape index (κ3) is 3.66. The highest BCUT2D eigenvalue weighted by atomic mass is 16.7. The minimum absolute atomic E-state index is 0.0875. The van der Waals surface area contributed by atoms with Gasteiger partial charge in [0.05, 0.1) is 19.3 Å². The van der Waals surface area contributed by atoms with E-state index in [1.165, 1.54) is 5.92 Å². The average molecular weight is 291 g/mol. The van der Waals surface area contributed by atoms with Crippen molar-refractivity contribution in [2.24, 2.45) is 5.92 Å². The number of ether oxygens (including phenoxy) is 3. The van der Waals surface area contributed by atoms with Crippen LogP contribution in [0.3, 0.4) is 0 Å². The van der Waals surface area contributed by atoms with E-state index < -0.39 is 0 Å². The lowest BCUT2D eigenvalue weighted by Crippen LogP contribution is -2.40. The number of Topliss-reactive ketones (excluding diaryl/α,β-unsaturated/α-hetero) is 1. The van der Waals surface area contributed by atoms with E-state index in [4.69, 9.17) is 14.2 Å². The Balaban J connectivity index is 1.61. The molecular weight excluding hydrogens is 268 g/mol. The summed E-state index contributed by atoms with van der Waals surface area (Å²) < 4.78 is 17.0. The molecule has 0 aromatic carbocycles. The van der Waals surface area contributed by atoms with Gasteiger partial charge in [0.1, 0.15) is 5.78 Å². The van der Waals surface area contributed by atoms with Crippen LogP contribution >= 0.6 is 0 Å². The normalized spacial score (nSPS) is 36.2. The first-order valence-electron chi connectivity index (χ1n) is 7.81. The van der Waals surface area contributed by atoms with Crippen molar-refractivity contribution in [1.29, 1.82) is 0 Å².